The molecule has 1 N–H and O–H groups in total. The lowest BCUT2D eigenvalue weighted by Crippen LogP contribution is -2.74. The van der Waals surface area contributed by atoms with Crippen LogP contribution in [0.3, 0.4) is 0 Å². The number of halogens is 1. The van der Waals surface area contributed by atoms with Crippen LogP contribution in [0.15, 0.2) is 54.6 Å². The molecule has 3 aromatic rings. The van der Waals surface area contributed by atoms with Crippen LogP contribution in [-0.4, -0.2) is 96.5 Å². The summed E-state index contributed by atoms with van der Waals surface area (Å²) >= 11 is 6.32. The zero-order valence-corrected chi connectivity index (χ0v) is 34.7. The van der Waals surface area contributed by atoms with Crippen LogP contribution in [0.2, 0.25) is 5.02 Å². The number of hydrogen-bond donors (Lipinski definition) is 1. The summed E-state index contributed by atoms with van der Waals surface area (Å²) in [6.45, 7) is 21.9. The molecule has 3 aromatic carbocycles. The summed E-state index contributed by atoms with van der Waals surface area (Å²) in [5.41, 5.74) is 4.37. The lowest BCUT2D eigenvalue weighted by atomic mass is 9.49. The number of ketones is 2. The summed E-state index contributed by atoms with van der Waals surface area (Å²) in [6.07, 6.45) is 2.15. The quantitative estimate of drug-likeness (QED) is 0.160. The maximum absolute atomic E-state index is 13.9. The Hall–Kier alpha value is -5.25. The Morgan fingerprint density at radius 3 is 2.07 bits per heavy atom. The van der Waals surface area contributed by atoms with E-state index in [1.54, 1.807) is 24.3 Å². The third-order valence-corrected chi connectivity index (χ3v) is 14.4. The van der Waals surface area contributed by atoms with Crippen LogP contribution in [-0.2, 0) is 16.1 Å². The molecule has 12 nitrogen and oxygen atoms in total. The molecule has 0 bridgehead atoms. The first kappa shape index (κ1) is 39.2. The molecule has 3 saturated heterocycles. The normalized spacial score (nSPS) is 26.6. The van der Waals surface area contributed by atoms with Gasteiger partial charge in [0.2, 0.25) is 17.5 Å². The van der Waals surface area contributed by atoms with Crippen LogP contribution in [0.4, 0.5) is 17.1 Å². The number of anilines is 2. The van der Waals surface area contributed by atoms with Crippen molar-refractivity contribution >= 4 is 58.0 Å². The molecule has 3 amide bonds. The molecule has 306 valence electrons. The fourth-order valence-corrected chi connectivity index (χ4v) is 11.8. The number of amides is 3. The zero-order valence-electron chi connectivity index (χ0n) is 33.9. The van der Waals surface area contributed by atoms with Crippen LogP contribution in [0.25, 0.3) is 4.85 Å². The molecule has 4 fully saturated rings. The van der Waals surface area contributed by atoms with Gasteiger partial charge in [0.05, 0.1) is 23.4 Å². The molecule has 4 heterocycles. The van der Waals surface area contributed by atoms with E-state index in [1.165, 1.54) is 0 Å². The fraction of sp³-hybridized carbons (Fsp3) is 0.478. The minimum Gasteiger partial charge on any atom is -0.489 e. The third kappa shape index (κ3) is 6.48. The van der Waals surface area contributed by atoms with E-state index in [2.05, 4.69) is 64.7 Å². The summed E-state index contributed by atoms with van der Waals surface area (Å²) in [6, 6.07) is 17.3. The molecule has 0 spiro atoms. The predicted octanol–water partition coefficient (Wildman–Crippen LogP) is 6.57. The minimum atomic E-state index is -1.06. The van der Waals surface area contributed by atoms with Crippen LogP contribution in [0.5, 0.6) is 5.75 Å². The highest BCUT2D eigenvalue weighted by molar-refractivity contribution is 6.33. The van der Waals surface area contributed by atoms with Gasteiger partial charge in [-0.3, -0.25) is 34.2 Å². The molecule has 0 radical (unpaired) electrons. The van der Waals surface area contributed by atoms with Crippen LogP contribution >= 0.6 is 11.6 Å². The van der Waals surface area contributed by atoms with E-state index in [9.17, 15) is 24.0 Å². The van der Waals surface area contributed by atoms with Crippen molar-refractivity contribution < 1.29 is 28.7 Å². The van der Waals surface area contributed by atoms with Crippen LogP contribution < -0.4 is 19.9 Å². The number of ether oxygens (including phenoxy) is 1. The first-order chi connectivity index (χ1) is 28.2. The van der Waals surface area contributed by atoms with Gasteiger partial charge in [-0.05, 0) is 73.4 Å². The number of fused-ring (bicyclic) bond motifs is 2. The Labute approximate surface area is 349 Å². The second-order valence-electron chi connectivity index (χ2n) is 18.3. The molecule has 2 aliphatic carbocycles. The number of Topliss-reactive ketones (excluding diaryl/α,β-unsaturated/α-hetero) is 2. The van der Waals surface area contributed by atoms with Crippen molar-refractivity contribution in [3.63, 3.8) is 0 Å². The SMILES string of the molecule is [C-]#[N+]c1ccc(OC2C(C)(C)C(N3Cc4cc(N5CCN(C6CCN(c7ccc8c(c7)C(=O)C(C7CCC(=O)NC7=O)C8=O)CC6)CC5)ccc4C3=O)C2(C)C)cc1Cl. The van der Waals surface area contributed by atoms with Gasteiger partial charge in [-0.2, -0.15) is 0 Å². The van der Waals surface area contributed by atoms with E-state index in [0.29, 0.717) is 40.2 Å². The molecular weight excluding hydrogens is 768 g/mol. The maximum Gasteiger partial charge on any atom is 0.254 e. The topological polar surface area (TPSA) is 124 Å². The Kier molecular flexibility index (Phi) is 9.63. The van der Waals surface area contributed by atoms with Gasteiger partial charge in [0.1, 0.15) is 11.9 Å². The molecule has 4 aliphatic heterocycles. The Morgan fingerprint density at radius 1 is 0.763 bits per heavy atom. The lowest BCUT2D eigenvalue weighted by Gasteiger charge is -2.65. The second-order valence-corrected chi connectivity index (χ2v) is 18.7. The van der Waals surface area contributed by atoms with E-state index in [1.807, 2.05) is 23.1 Å². The van der Waals surface area contributed by atoms with Crippen molar-refractivity contribution in [2.45, 2.75) is 78.1 Å². The van der Waals surface area contributed by atoms with Gasteiger partial charge in [0, 0.05) is 103 Å². The van der Waals surface area contributed by atoms with Gasteiger partial charge in [0.25, 0.3) is 5.91 Å². The number of carbonyl (C=O) groups excluding carboxylic acids is 5. The van der Waals surface area contributed by atoms with E-state index in [4.69, 9.17) is 22.9 Å². The van der Waals surface area contributed by atoms with E-state index >= 15 is 0 Å². The lowest BCUT2D eigenvalue weighted by molar-refractivity contribution is -0.199. The minimum absolute atomic E-state index is 0.0389. The Bertz CT molecular complexity index is 2320. The van der Waals surface area contributed by atoms with Gasteiger partial charge in [-0.15, -0.1) is 0 Å². The highest BCUT2D eigenvalue weighted by Gasteiger charge is 2.67. The van der Waals surface area contributed by atoms with Crippen molar-refractivity contribution in [2.75, 3.05) is 49.1 Å². The summed E-state index contributed by atoms with van der Waals surface area (Å²) in [5, 5.41) is 2.66. The molecule has 1 saturated carbocycles. The molecule has 9 rings (SSSR count). The molecule has 59 heavy (non-hydrogen) atoms. The summed E-state index contributed by atoms with van der Waals surface area (Å²) < 4.78 is 6.51. The second kappa shape index (κ2) is 14.5. The maximum atomic E-state index is 13.9. The number of hydrogen-bond acceptors (Lipinski definition) is 9. The highest BCUT2D eigenvalue weighted by Crippen LogP contribution is 2.59. The van der Waals surface area contributed by atoms with Gasteiger partial charge in [0.15, 0.2) is 11.6 Å². The van der Waals surface area contributed by atoms with Crippen molar-refractivity contribution in [1.29, 1.82) is 0 Å². The average Bonchev–Trinajstić information content (AvgIpc) is 3.66. The first-order valence-electron chi connectivity index (χ1n) is 20.7. The third-order valence-electron chi connectivity index (χ3n) is 14.1. The van der Waals surface area contributed by atoms with Crippen molar-refractivity contribution in [1.82, 2.24) is 15.1 Å². The summed E-state index contributed by atoms with van der Waals surface area (Å²) in [4.78, 5) is 77.6. The van der Waals surface area contributed by atoms with Gasteiger partial charge in [-0.1, -0.05) is 45.4 Å². The number of nitrogens with one attached hydrogen (secondary N) is 1. The largest absolute Gasteiger partial charge is 0.489 e. The van der Waals surface area contributed by atoms with E-state index in [0.717, 1.165) is 74.6 Å². The van der Waals surface area contributed by atoms with Gasteiger partial charge >= 0.3 is 0 Å². The standard InChI is InChI=1S/C46H49ClN6O6/c1-45(2)43(46(3,4)44(45)59-30-8-12-36(48-5)35(47)24-30)53-25-26-22-28(6-9-31(26)42(53)58)52-20-18-51(19-21-52)27-14-16-50(17-15-27)29-7-10-32-34(23-29)40(56)38(39(32)55)33-11-13-37(54)49-41(33)57/h6-10,12,22-24,27,33,38,43-44H,11,13-21,25H2,1-4H3,(H,49,54,57). The number of carbonyl (C=O) groups is 5. The number of benzene rings is 3. The number of imide groups is 1. The van der Waals surface area contributed by atoms with Crippen molar-refractivity contribution in [3.05, 3.63) is 93.3 Å². The average molecular weight is 817 g/mol. The molecule has 2 atom stereocenters. The highest BCUT2D eigenvalue weighted by atomic mass is 35.5. The molecule has 2 unspecified atom stereocenters. The van der Waals surface area contributed by atoms with E-state index < -0.39 is 17.7 Å². The van der Waals surface area contributed by atoms with Crippen molar-refractivity contribution in [2.24, 2.45) is 22.7 Å². The van der Waals surface area contributed by atoms with Crippen LogP contribution in [0, 0.1) is 29.2 Å². The molecule has 6 aliphatic rings. The van der Waals surface area contributed by atoms with Crippen LogP contribution in [0.1, 0.15) is 90.0 Å². The first-order valence-corrected chi connectivity index (χ1v) is 21.1. The molecule has 0 aromatic heterocycles. The number of piperazine rings is 1. The summed E-state index contributed by atoms with van der Waals surface area (Å²) in [5.74, 6) is -2.73. The number of nitrogens with zero attached hydrogens (tertiary/aromatic N) is 5. The smallest absolute Gasteiger partial charge is 0.254 e. The van der Waals surface area contributed by atoms with Crippen molar-refractivity contribution in [3.8, 4) is 5.75 Å². The zero-order chi connectivity index (χ0) is 41.5. The Balaban J connectivity index is 0.789. The number of piperidine rings is 2. The number of rotatable bonds is 7. The predicted molar refractivity (Wildman–Crippen MR) is 223 cm³/mol. The Morgan fingerprint density at radius 2 is 1.41 bits per heavy atom. The summed E-state index contributed by atoms with van der Waals surface area (Å²) in [7, 11) is 0. The monoisotopic (exact) mass is 816 g/mol. The van der Waals surface area contributed by atoms with E-state index in [-0.39, 0.29) is 59.2 Å². The van der Waals surface area contributed by atoms with Gasteiger partial charge < -0.3 is 19.4 Å². The molecule has 13 heteroatoms. The van der Waals surface area contributed by atoms with Gasteiger partial charge in [-0.25, -0.2) is 4.85 Å². The molecular formula is C46H49ClN6O6. The fourth-order valence-electron chi connectivity index (χ4n) is 11.6.